The van der Waals surface area contributed by atoms with Gasteiger partial charge in [-0.3, -0.25) is 14.4 Å². The van der Waals surface area contributed by atoms with Crippen LogP contribution in [0.2, 0.25) is 0 Å². The smallest absolute Gasteiger partial charge is 0.310 e. The summed E-state index contributed by atoms with van der Waals surface area (Å²) in [5, 5.41) is 9.24. The van der Waals surface area contributed by atoms with Crippen molar-refractivity contribution in [2.75, 3.05) is 26.3 Å². The Hall–Kier alpha value is -1.54. The van der Waals surface area contributed by atoms with E-state index in [1.165, 1.54) is 0 Å². The van der Waals surface area contributed by atoms with Gasteiger partial charge >= 0.3 is 5.97 Å². The second-order valence-electron chi connectivity index (χ2n) is 9.14. The number of hydrogen-bond acceptors (Lipinski definition) is 6. The highest BCUT2D eigenvalue weighted by Crippen LogP contribution is 2.68. The maximum absolute atomic E-state index is 13.9. The van der Waals surface area contributed by atoms with Gasteiger partial charge in [0, 0.05) is 31.0 Å². The molecule has 3 aliphatic rings. The molecule has 3 heterocycles. The summed E-state index contributed by atoms with van der Waals surface area (Å²) in [6.07, 6.45) is 3.69. The highest BCUT2D eigenvalue weighted by atomic mass is 32.2. The van der Waals surface area contributed by atoms with Gasteiger partial charge in [-0.05, 0) is 46.0 Å². The number of unbranched alkanes of at least 4 members (excludes halogenated alkanes) is 1. The number of thioether (sulfide) groups is 1. The van der Waals surface area contributed by atoms with Crippen LogP contribution in [0.5, 0.6) is 0 Å². The second-order valence-corrected chi connectivity index (χ2v) is 10.7. The average molecular weight is 453 g/mol. The molecule has 3 fully saturated rings. The molecule has 2 amide bonds. The number of likely N-dealkylation sites (tertiary alicyclic amines) is 1. The van der Waals surface area contributed by atoms with Gasteiger partial charge in [-0.25, -0.2) is 0 Å². The van der Waals surface area contributed by atoms with Gasteiger partial charge in [0.1, 0.15) is 6.04 Å². The maximum atomic E-state index is 13.9. The number of carbonyl (C=O) groups excluding carboxylic acids is 3. The number of aliphatic hydroxyl groups excluding tert-OH is 1. The van der Waals surface area contributed by atoms with E-state index in [0.29, 0.717) is 25.9 Å². The lowest BCUT2D eigenvalue weighted by Crippen LogP contribution is -2.58. The van der Waals surface area contributed by atoms with Crippen LogP contribution in [0.1, 0.15) is 47.0 Å². The highest BCUT2D eigenvalue weighted by molar-refractivity contribution is 8.02. The molecule has 6 atom stereocenters. The fourth-order valence-corrected chi connectivity index (χ4v) is 8.20. The van der Waals surface area contributed by atoms with E-state index in [0.717, 1.165) is 6.42 Å². The van der Waals surface area contributed by atoms with Gasteiger partial charge in [0.25, 0.3) is 0 Å². The number of fused-ring (bicyclic) bond motifs is 1. The first-order chi connectivity index (χ1) is 14.8. The van der Waals surface area contributed by atoms with Crippen molar-refractivity contribution in [2.24, 2.45) is 17.8 Å². The van der Waals surface area contributed by atoms with Crippen molar-refractivity contribution in [1.29, 1.82) is 0 Å². The zero-order valence-electron chi connectivity index (χ0n) is 19.1. The quantitative estimate of drug-likeness (QED) is 0.310. The number of amides is 2. The minimum Gasteiger partial charge on any atom is -0.466 e. The summed E-state index contributed by atoms with van der Waals surface area (Å²) in [7, 11) is 0. The molecule has 174 valence electrons. The minimum atomic E-state index is -0.621. The third kappa shape index (κ3) is 3.80. The molecule has 0 aromatic heterocycles. The SMILES string of the molecule is C=CCN(C(=O)C1N(CCCCO)C(=O)[C@@H]2[C@@H](C(=O)OCC)[C@H]3CC(C)C12S3)C(C)C. The number of rotatable bonds is 10. The number of aliphatic hydroxyl groups is 1. The molecule has 0 aliphatic carbocycles. The van der Waals surface area contributed by atoms with Crippen LogP contribution >= 0.6 is 11.8 Å². The summed E-state index contributed by atoms with van der Waals surface area (Å²) in [5.41, 5.74) is 0. The first-order valence-electron chi connectivity index (χ1n) is 11.4. The van der Waals surface area contributed by atoms with Gasteiger partial charge in [-0.2, -0.15) is 0 Å². The molecule has 3 unspecified atom stereocenters. The summed E-state index contributed by atoms with van der Waals surface area (Å²) >= 11 is 1.66. The van der Waals surface area contributed by atoms with Crippen molar-refractivity contribution >= 4 is 29.5 Å². The summed E-state index contributed by atoms with van der Waals surface area (Å²) in [6.45, 7) is 12.8. The first-order valence-corrected chi connectivity index (χ1v) is 12.3. The van der Waals surface area contributed by atoms with E-state index in [2.05, 4.69) is 13.5 Å². The molecule has 0 aromatic carbocycles. The average Bonchev–Trinajstić information content (AvgIpc) is 3.30. The van der Waals surface area contributed by atoms with Crippen molar-refractivity contribution in [3.8, 4) is 0 Å². The van der Waals surface area contributed by atoms with E-state index < -0.39 is 22.6 Å². The third-order valence-electron chi connectivity index (χ3n) is 7.08. The van der Waals surface area contributed by atoms with Crippen molar-refractivity contribution in [3.63, 3.8) is 0 Å². The molecule has 3 rings (SSSR count). The van der Waals surface area contributed by atoms with E-state index >= 15 is 0 Å². The molecule has 8 heteroatoms. The molecule has 2 bridgehead atoms. The third-order valence-corrected chi connectivity index (χ3v) is 9.15. The Kier molecular flexibility index (Phi) is 7.41. The standard InChI is InChI=1S/C23H36N2O5S/c1-6-10-24(14(3)4)21(28)19-23-15(5)13-16(31-23)17(22(29)30-7-2)18(23)20(27)25(19)11-8-9-12-26/h6,14-19,26H,1,7-13H2,2-5H3/t15?,16-,17+,18+,19?,23?/m1/s1. The molecule has 0 saturated carbocycles. The fourth-order valence-electron chi connectivity index (χ4n) is 5.79. The van der Waals surface area contributed by atoms with Gasteiger partial charge in [0.15, 0.2) is 0 Å². The Morgan fingerprint density at radius 2 is 2.13 bits per heavy atom. The first kappa shape index (κ1) is 24.1. The molecule has 7 nitrogen and oxygen atoms in total. The van der Waals surface area contributed by atoms with E-state index in [9.17, 15) is 19.5 Å². The van der Waals surface area contributed by atoms with Gasteiger partial charge in [-0.15, -0.1) is 18.3 Å². The Labute approximate surface area is 189 Å². The number of hydrogen-bond donors (Lipinski definition) is 1. The molecule has 3 aliphatic heterocycles. The Balaban J connectivity index is 2.05. The van der Waals surface area contributed by atoms with Crippen LogP contribution < -0.4 is 0 Å². The van der Waals surface area contributed by atoms with Gasteiger partial charge in [0.05, 0.1) is 23.2 Å². The van der Waals surface area contributed by atoms with Crippen LogP contribution in [-0.4, -0.2) is 81.1 Å². The zero-order chi connectivity index (χ0) is 22.9. The minimum absolute atomic E-state index is 0.00444. The number of esters is 1. The van der Waals surface area contributed by atoms with Gasteiger partial charge in [-0.1, -0.05) is 13.0 Å². The Morgan fingerprint density at radius 3 is 2.71 bits per heavy atom. The van der Waals surface area contributed by atoms with Gasteiger partial charge in [0.2, 0.25) is 11.8 Å². The van der Waals surface area contributed by atoms with Crippen molar-refractivity contribution < 1.29 is 24.2 Å². The lowest BCUT2D eigenvalue weighted by atomic mass is 9.66. The van der Waals surface area contributed by atoms with Crippen LogP contribution in [0, 0.1) is 17.8 Å². The van der Waals surface area contributed by atoms with Crippen molar-refractivity contribution in [2.45, 2.75) is 69.0 Å². The monoisotopic (exact) mass is 452 g/mol. The topological polar surface area (TPSA) is 87.2 Å². The summed E-state index contributed by atoms with van der Waals surface area (Å²) in [6, 6.07) is -0.648. The molecule has 31 heavy (non-hydrogen) atoms. The number of carbonyl (C=O) groups is 3. The van der Waals surface area contributed by atoms with Crippen LogP contribution in [0.4, 0.5) is 0 Å². The predicted octanol–water partition coefficient (Wildman–Crippen LogP) is 2.08. The lowest BCUT2D eigenvalue weighted by molar-refractivity contribution is -0.154. The van der Waals surface area contributed by atoms with E-state index in [4.69, 9.17) is 4.74 Å². The number of nitrogens with zero attached hydrogens (tertiary/aromatic N) is 2. The van der Waals surface area contributed by atoms with Crippen LogP contribution in [0.3, 0.4) is 0 Å². The molecule has 0 radical (unpaired) electrons. The molecule has 0 aromatic rings. The zero-order valence-corrected chi connectivity index (χ0v) is 19.9. The summed E-state index contributed by atoms with van der Waals surface area (Å²) < 4.78 is 4.73. The number of ether oxygens (including phenoxy) is 1. The maximum Gasteiger partial charge on any atom is 0.310 e. The molecular formula is C23H36N2O5S. The van der Waals surface area contributed by atoms with Crippen molar-refractivity contribution in [3.05, 3.63) is 12.7 Å². The predicted molar refractivity (Wildman–Crippen MR) is 120 cm³/mol. The molecule has 3 saturated heterocycles. The highest BCUT2D eigenvalue weighted by Gasteiger charge is 2.76. The van der Waals surface area contributed by atoms with Crippen LogP contribution in [0.15, 0.2) is 12.7 Å². The van der Waals surface area contributed by atoms with E-state index in [-0.39, 0.29) is 48.2 Å². The fraction of sp³-hybridized carbons (Fsp3) is 0.783. The molecular weight excluding hydrogens is 416 g/mol. The van der Waals surface area contributed by atoms with Gasteiger partial charge < -0.3 is 19.6 Å². The summed E-state index contributed by atoms with van der Waals surface area (Å²) in [5.74, 6) is -1.40. The van der Waals surface area contributed by atoms with Crippen LogP contribution in [-0.2, 0) is 19.1 Å². The van der Waals surface area contributed by atoms with Crippen molar-refractivity contribution in [1.82, 2.24) is 9.80 Å². The van der Waals surface area contributed by atoms with E-state index in [1.54, 1.807) is 34.6 Å². The van der Waals surface area contributed by atoms with E-state index in [1.807, 2.05) is 13.8 Å². The summed E-state index contributed by atoms with van der Waals surface area (Å²) in [4.78, 5) is 44.0. The van der Waals surface area contributed by atoms with Crippen LogP contribution in [0.25, 0.3) is 0 Å². The normalized spacial score (nSPS) is 33.7. The molecule has 1 spiro atoms. The largest absolute Gasteiger partial charge is 0.466 e. The molecule has 1 N–H and O–H groups in total. The Morgan fingerprint density at radius 1 is 1.42 bits per heavy atom. The second kappa shape index (κ2) is 9.53. The lowest BCUT2D eigenvalue weighted by Gasteiger charge is -2.41. The Bertz CT molecular complexity index is 729.